The summed E-state index contributed by atoms with van der Waals surface area (Å²) in [6, 6.07) is 34.7. The SMILES string of the molecule is CCCCCC[C@@H](C)OC(=O)c1ccc(-c2ccc(OC(=O)c3ccc(C(=O)Oc4ccc(-c5ccc(C(=O)O[C@H](C)CCCCCC)cc5)cc4)cc3)cc2)cc1. The lowest BCUT2D eigenvalue weighted by molar-refractivity contribution is 0.0309. The molecule has 302 valence electrons. The summed E-state index contributed by atoms with van der Waals surface area (Å²) in [5, 5.41) is 0. The van der Waals surface area contributed by atoms with Crippen LogP contribution in [0, 0.1) is 0 Å². The molecular weight excluding hydrogens is 729 g/mol. The van der Waals surface area contributed by atoms with Crippen LogP contribution in [-0.2, 0) is 9.47 Å². The normalized spacial score (nSPS) is 11.9. The third-order valence-electron chi connectivity index (χ3n) is 9.94. The molecule has 2 atom stereocenters. The van der Waals surface area contributed by atoms with Crippen molar-refractivity contribution in [1.82, 2.24) is 0 Å². The van der Waals surface area contributed by atoms with Crippen molar-refractivity contribution >= 4 is 23.9 Å². The summed E-state index contributed by atoms with van der Waals surface area (Å²) in [6.45, 7) is 8.21. The van der Waals surface area contributed by atoms with Crippen LogP contribution in [0.1, 0.15) is 133 Å². The Morgan fingerprint density at radius 1 is 0.379 bits per heavy atom. The molecule has 8 heteroatoms. The van der Waals surface area contributed by atoms with Crippen molar-refractivity contribution in [2.24, 2.45) is 0 Å². The van der Waals surface area contributed by atoms with Gasteiger partial charge in [-0.15, -0.1) is 0 Å². The molecule has 5 rings (SSSR count). The fourth-order valence-corrected chi connectivity index (χ4v) is 6.44. The topological polar surface area (TPSA) is 105 Å². The molecule has 0 radical (unpaired) electrons. The van der Waals surface area contributed by atoms with Crippen molar-refractivity contribution in [2.45, 2.75) is 104 Å². The molecule has 0 bridgehead atoms. The molecule has 0 spiro atoms. The largest absolute Gasteiger partial charge is 0.459 e. The highest BCUT2D eigenvalue weighted by molar-refractivity contribution is 5.95. The van der Waals surface area contributed by atoms with E-state index >= 15 is 0 Å². The first-order chi connectivity index (χ1) is 28.1. The van der Waals surface area contributed by atoms with Gasteiger partial charge in [0.1, 0.15) is 11.5 Å². The highest BCUT2D eigenvalue weighted by atomic mass is 16.6. The molecule has 0 aliphatic rings. The predicted molar refractivity (Wildman–Crippen MR) is 227 cm³/mol. The molecule has 0 fully saturated rings. The lowest BCUT2D eigenvalue weighted by Gasteiger charge is -2.13. The Hall–Kier alpha value is -6.02. The second-order valence-corrected chi connectivity index (χ2v) is 14.7. The molecule has 0 N–H and O–H groups in total. The van der Waals surface area contributed by atoms with E-state index in [0.717, 1.165) is 60.8 Å². The van der Waals surface area contributed by atoms with Crippen molar-refractivity contribution in [1.29, 1.82) is 0 Å². The highest BCUT2D eigenvalue weighted by Gasteiger charge is 2.16. The number of unbranched alkanes of at least 4 members (excludes halogenated alkanes) is 6. The van der Waals surface area contributed by atoms with Gasteiger partial charge >= 0.3 is 23.9 Å². The van der Waals surface area contributed by atoms with E-state index in [-0.39, 0.29) is 35.3 Å². The Morgan fingerprint density at radius 2 is 0.655 bits per heavy atom. The zero-order valence-electron chi connectivity index (χ0n) is 34.0. The molecule has 0 heterocycles. The third-order valence-corrected chi connectivity index (χ3v) is 9.94. The van der Waals surface area contributed by atoms with Crippen LogP contribution in [0.15, 0.2) is 121 Å². The lowest BCUT2D eigenvalue weighted by atomic mass is 10.0. The number of ether oxygens (including phenoxy) is 4. The number of rotatable bonds is 20. The van der Waals surface area contributed by atoms with Crippen molar-refractivity contribution in [2.75, 3.05) is 0 Å². The molecule has 8 nitrogen and oxygen atoms in total. The first-order valence-corrected chi connectivity index (χ1v) is 20.5. The summed E-state index contributed by atoms with van der Waals surface area (Å²) in [6.07, 6.45) is 10.6. The number of hydrogen-bond acceptors (Lipinski definition) is 8. The van der Waals surface area contributed by atoms with E-state index in [1.165, 1.54) is 49.9 Å². The standard InChI is InChI=1S/C50H54O8/c1-5-7-9-11-13-35(3)55-47(51)41-19-15-37(16-20-41)39-27-31-45(32-28-39)57-49(53)43-23-25-44(26-24-43)50(54)58-46-33-29-40(30-34-46)38-17-21-42(22-18-38)48(52)56-36(4)14-12-10-8-6-2/h15-36H,5-14H2,1-4H3/t35-,36-/m1/s1. The number of esters is 4. The van der Waals surface area contributed by atoms with Gasteiger partial charge < -0.3 is 18.9 Å². The average molecular weight is 783 g/mol. The summed E-state index contributed by atoms with van der Waals surface area (Å²) >= 11 is 0. The Bertz CT molecular complexity index is 1920. The van der Waals surface area contributed by atoms with Gasteiger partial charge in [-0.25, -0.2) is 19.2 Å². The van der Waals surface area contributed by atoms with E-state index in [1.807, 2.05) is 62.4 Å². The van der Waals surface area contributed by atoms with Gasteiger partial charge in [-0.1, -0.05) is 101 Å². The molecule has 0 aliphatic carbocycles. The summed E-state index contributed by atoms with van der Waals surface area (Å²) in [4.78, 5) is 51.0. The van der Waals surface area contributed by atoms with E-state index in [0.29, 0.717) is 22.6 Å². The highest BCUT2D eigenvalue weighted by Crippen LogP contribution is 2.26. The van der Waals surface area contributed by atoms with Crippen LogP contribution in [0.2, 0.25) is 0 Å². The van der Waals surface area contributed by atoms with E-state index in [4.69, 9.17) is 18.9 Å². The maximum absolute atomic E-state index is 12.9. The third kappa shape index (κ3) is 13.0. The van der Waals surface area contributed by atoms with Gasteiger partial charge in [-0.05, 0) is 135 Å². The Balaban J connectivity index is 1.07. The van der Waals surface area contributed by atoms with E-state index in [9.17, 15) is 19.2 Å². The molecule has 0 amide bonds. The number of carbonyl (C=O) groups is 4. The van der Waals surface area contributed by atoms with Gasteiger partial charge in [-0.2, -0.15) is 0 Å². The zero-order valence-corrected chi connectivity index (χ0v) is 34.0. The van der Waals surface area contributed by atoms with Gasteiger partial charge in [0.05, 0.1) is 34.5 Å². The van der Waals surface area contributed by atoms with Gasteiger partial charge in [0.15, 0.2) is 0 Å². The van der Waals surface area contributed by atoms with Crippen LogP contribution in [0.5, 0.6) is 11.5 Å². The molecule has 5 aromatic carbocycles. The van der Waals surface area contributed by atoms with Crippen LogP contribution in [0.3, 0.4) is 0 Å². The minimum atomic E-state index is -0.567. The summed E-state index contributed by atoms with van der Waals surface area (Å²) < 4.78 is 22.4. The van der Waals surface area contributed by atoms with Crippen molar-refractivity contribution < 1.29 is 38.1 Å². The molecule has 58 heavy (non-hydrogen) atoms. The minimum Gasteiger partial charge on any atom is -0.459 e. The molecule has 0 aliphatic heterocycles. The number of benzene rings is 5. The second-order valence-electron chi connectivity index (χ2n) is 14.7. The molecule has 0 aromatic heterocycles. The zero-order chi connectivity index (χ0) is 41.3. The first-order valence-electron chi connectivity index (χ1n) is 20.5. The first kappa shape index (κ1) is 43.1. The van der Waals surface area contributed by atoms with Gasteiger partial charge in [0.25, 0.3) is 0 Å². The van der Waals surface area contributed by atoms with Crippen molar-refractivity contribution in [3.63, 3.8) is 0 Å². The maximum atomic E-state index is 12.9. The van der Waals surface area contributed by atoms with E-state index in [2.05, 4.69) is 13.8 Å². The van der Waals surface area contributed by atoms with Crippen molar-refractivity contribution in [3.05, 3.63) is 144 Å². The second kappa shape index (κ2) is 22.1. The Labute approximate surface area is 342 Å². The van der Waals surface area contributed by atoms with E-state index < -0.39 is 11.9 Å². The molecule has 0 saturated carbocycles. The van der Waals surface area contributed by atoms with Gasteiger partial charge in [0.2, 0.25) is 0 Å². The molecule has 0 unspecified atom stereocenters. The van der Waals surface area contributed by atoms with Gasteiger partial charge in [-0.3, -0.25) is 0 Å². The van der Waals surface area contributed by atoms with Crippen molar-refractivity contribution in [3.8, 4) is 33.8 Å². The Kier molecular flexibility index (Phi) is 16.4. The van der Waals surface area contributed by atoms with Gasteiger partial charge in [0, 0.05) is 0 Å². The smallest absolute Gasteiger partial charge is 0.343 e. The lowest BCUT2D eigenvalue weighted by Crippen LogP contribution is -2.15. The Morgan fingerprint density at radius 3 is 0.966 bits per heavy atom. The van der Waals surface area contributed by atoms with Crippen LogP contribution in [0.4, 0.5) is 0 Å². The maximum Gasteiger partial charge on any atom is 0.343 e. The quantitative estimate of drug-likeness (QED) is 0.0436. The van der Waals surface area contributed by atoms with Crippen LogP contribution >= 0.6 is 0 Å². The monoisotopic (exact) mass is 782 g/mol. The van der Waals surface area contributed by atoms with E-state index in [1.54, 1.807) is 48.5 Å². The summed E-state index contributed by atoms with van der Waals surface area (Å²) in [7, 11) is 0. The molecule has 0 saturated heterocycles. The summed E-state index contributed by atoms with van der Waals surface area (Å²) in [5.74, 6) is -1.06. The van der Waals surface area contributed by atoms with Crippen LogP contribution in [-0.4, -0.2) is 36.1 Å². The molecular formula is C50H54O8. The predicted octanol–water partition coefficient (Wildman–Crippen LogP) is 12.5. The fourth-order valence-electron chi connectivity index (χ4n) is 6.44. The number of hydrogen-bond donors (Lipinski definition) is 0. The minimum absolute atomic E-state index is 0.124. The fraction of sp³-hybridized carbons (Fsp3) is 0.320. The van der Waals surface area contributed by atoms with Crippen LogP contribution in [0.25, 0.3) is 22.3 Å². The van der Waals surface area contributed by atoms with Crippen LogP contribution < -0.4 is 9.47 Å². The number of carbonyl (C=O) groups excluding carboxylic acids is 4. The molecule has 5 aromatic rings. The average Bonchev–Trinajstić information content (AvgIpc) is 3.24. The summed E-state index contributed by atoms with van der Waals surface area (Å²) in [5.41, 5.74) is 5.16.